The first-order chi connectivity index (χ1) is 8.39. The minimum atomic E-state index is -3.48. The lowest BCUT2D eigenvalue weighted by atomic mass is 10.5. The first-order valence-electron chi connectivity index (χ1n) is 5.21. The minimum absolute atomic E-state index is 0.0939. The van der Waals surface area contributed by atoms with Crippen molar-refractivity contribution in [2.24, 2.45) is 0 Å². The standard InChI is InChI=1S/C10H13N3O3S2/c1-7-4-5-10(17-7)18(14,15)13(3)6-9-11-8(2)16-12-9/h4-5H,6H2,1-3H3. The van der Waals surface area contributed by atoms with Gasteiger partial charge in [-0.05, 0) is 19.1 Å². The first kappa shape index (κ1) is 13.2. The molecule has 2 aromatic heterocycles. The van der Waals surface area contributed by atoms with E-state index in [0.717, 1.165) is 4.88 Å². The third-order valence-electron chi connectivity index (χ3n) is 2.31. The van der Waals surface area contributed by atoms with Gasteiger partial charge in [-0.1, -0.05) is 5.16 Å². The van der Waals surface area contributed by atoms with E-state index in [1.54, 1.807) is 19.1 Å². The zero-order valence-corrected chi connectivity index (χ0v) is 11.9. The number of aromatic nitrogens is 2. The number of hydrogen-bond acceptors (Lipinski definition) is 6. The van der Waals surface area contributed by atoms with Crippen LogP contribution in [0.3, 0.4) is 0 Å². The highest BCUT2D eigenvalue weighted by Crippen LogP contribution is 2.24. The molecule has 2 rings (SSSR count). The number of hydrogen-bond donors (Lipinski definition) is 0. The van der Waals surface area contributed by atoms with Crippen molar-refractivity contribution < 1.29 is 12.9 Å². The van der Waals surface area contributed by atoms with Crippen molar-refractivity contribution in [2.75, 3.05) is 7.05 Å². The van der Waals surface area contributed by atoms with Crippen molar-refractivity contribution >= 4 is 21.4 Å². The summed E-state index contributed by atoms with van der Waals surface area (Å²) in [6, 6.07) is 3.39. The monoisotopic (exact) mass is 287 g/mol. The van der Waals surface area contributed by atoms with Crippen LogP contribution in [0.5, 0.6) is 0 Å². The molecule has 0 amide bonds. The van der Waals surface area contributed by atoms with Crippen molar-refractivity contribution in [1.29, 1.82) is 0 Å². The number of sulfonamides is 1. The first-order valence-corrected chi connectivity index (χ1v) is 7.47. The largest absolute Gasteiger partial charge is 0.340 e. The van der Waals surface area contributed by atoms with Gasteiger partial charge in [0.2, 0.25) is 5.89 Å². The van der Waals surface area contributed by atoms with Gasteiger partial charge in [0, 0.05) is 18.8 Å². The summed E-state index contributed by atoms with van der Waals surface area (Å²) < 4.78 is 30.8. The van der Waals surface area contributed by atoms with E-state index in [9.17, 15) is 8.42 Å². The van der Waals surface area contributed by atoms with Gasteiger partial charge < -0.3 is 4.52 Å². The molecule has 0 spiro atoms. The van der Waals surface area contributed by atoms with Crippen molar-refractivity contribution in [3.63, 3.8) is 0 Å². The lowest BCUT2D eigenvalue weighted by Gasteiger charge is -2.13. The Balaban J connectivity index is 2.20. The lowest BCUT2D eigenvalue weighted by Crippen LogP contribution is -2.26. The van der Waals surface area contributed by atoms with Crippen LogP contribution in [0.2, 0.25) is 0 Å². The molecule has 0 saturated carbocycles. The zero-order valence-electron chi connectivity index (χ0n) is 10.2. The molecule has 8 heteroatoms. The molecule has 0 aliphatic rings. The van der Waals surface area contributed by atoms with Gasteiger partial charge in [-0.2, -0.15) is 9.29 Å². The fourth-order valence-electron chi connectivity index (χ4n) is 1.39. The molecule has 98 valence electrons. The summed E-state index contributed by atoms with van der Waals surface area (Å²) in [6.45, 7) is 3.62. The Bertz CT molecular complexity index is 645. The number of nitrogens with zero attached hydrogens (tertiary/aromatic N) is 3. The number of aryl methyl sites for hydroxylation is 2. The van der Waals surface area contributed by atoms with Crippen LogP contribution >= 0.6 is 11.3 Å². The molecule has 2 heterocycles. The SMILES string of the molecule is Cc1nc(CN(C)S(=O)(=O)c2ccc(C)s2)no1. The molecule has 0 aromatic carbocycles. The summed E-state index contributed by atoms with van der Waals surface area (Å²) in [5.74, 6) is 0.773. The second-order valence-electron chi connectivity index (χ2n) is 3.86. The molecule has 0 bridgehead atoms. The summed E-state index contributed by atoms with van der Waals surface area (Å²) in [6.07, 6.45) is 0. The van der Waals surface area contributed by atoms with Crippen LogP contribution in [0.4, 0.5) is 0 Å². The van der Waals surface area contributed by atoms with Gasteiger partial charge in [0.25, 0.3) is 10.0 Å². The van der Waals surface area contributed by atoms with Gasteiger partial charge in [-0.3, -0.25) is 0 Å². The van der Waals surface area contributed by atoms with E-state index < -0.39 is 10.0 Å². The molecule has 0 saturated heterocycles. The van der Waals surface area contributed by atoms with Crippen LogP contribution < -0.4 is 0 Å². The molecule has 0 aliphatic carbocycles. The minimum Gasteiger partial charge on any atom is -0.340 e. The van der Waals surface area contributed by atoms with Crippen LogP contribution in [0.1, 0.15) is 16.6 Å². The van der Waals surface area contributed by atoms with E-state index in [-0.39, 0.29) is 6.54 Å². The maximum absolute atomic E-state index is 12.2. The molecule has 18 heavy (non-hydrogen) atoms. The van der Waals surface area contributed by atoms with E-state index in [1.807, 2.05) is 6.92 Å². The van der Waals surface area contributed by atoms with Crippen molar-refractivity contribution in [1.82, 2.24) is 14.4 Å². The van der Waals surface area contributed by atoms with Crippen LogP contribution in [0.25, 0.3) is 0 Å². The van der Waals surface area contributed by atoms with Gasteiger partial charge in [0.15, 0.2) is 5.82 Å². The highest BCUT2D eigenvalue weighted by Gasteiger charge is 2.23. The average molecular weight is 287 g/mol. The Morgan fingerprint density at radius 2 is 2.11 bits per heavy atom. The lowest BCUT2D eigenvalue weighted by molar-refractivity contribution is 0.377. The predicted octanol–water partition coefficient (Wildman–Crippen LogP) is 1.57. The van der Waals surface area contributed by atoms with Crippen LogP contribution in [-0.4, -0.2) is 29.9 Å². The van der Waals surface area contributed by atoms with Gasteiger partial charge in [0.05, 0.1) is 6.54 Å². The van der Waals surface area contributed by atoms with Gasteiger partial charge in [-0.15, -0.1) is 11.3 Å². The molecule has 6 nitrogen and oxygen atoms in total. The molecule has 0 radical (unpaired) electrons. The molecule has 0 unspecified atom stereocenters. The van der Waals surface area contributed by atoms with Crippen LogP contribution in [-0.2, 0) is 16.6 Å². The van der Waals surface area contributed by atoms with Crippen molar-refractivity contribution in [3.05, 3.63) is 28.7 Å². The van der Waals surface area contributed by atoms with Gasteiger partial charge >= 0.3 is 0 Å². The third kappa shape index (κ3) is 2.60. The molecule has 0 aliphatic heterocycles. The molecule has 0 atom stereocenters. The van der Waals surface area contributed by atoms with Crippen molar-refractivity contribution in [2.45, 2.75) is 24.6 Å². The predicted molar refractivity (Wildman–Crippen MR) is 66.7 cm³/mol. The zero-order chi connectivity index (χ0) is 13.3. The Morgan fingerprint density at radius 3 is 2.61 bits per heavy atom. The topological polar surface area (TPSA) is 76.3 Å². The highest BCUT2D eigenvalue weighted by atomic mass is 32.2. The number of rotatable bonds is 4. The van der Waals surface area contributed by atoms with Crippen LogP contribution in [0, 0.1) is 13.8 Å². The second-order valence-corrected chi connectivity index (χ2v) is 7.42. The van der Waals surface area contributed by atoms with Gasteiger partial charge in [-0.25, -0.2) is 8.42 Å². The maximum Gasteiger partial charge on any atom is 0.252 e. The highest BCUT2D eigenvalue weighted by molar-refractivity contribution is 7.91. The fraction of sp³-hybridized carbons (Fsp3) is 0.400. The summed E-state index contributed by atoms with van der Waals surface area (Å²) in [5, 5.41) is 3.68. The van der Waals surface area contributed by atoms with Crippen LogP contribution in [0.15, 0.2) is 20.9 Å². The maximum atomic E-state index is 12.2. The van der Waals surface area contributed by atoms with E-state index in [1.165, 1.54) is 22.7 Å². The van der Waals surface area contributed by atoms with Crippen molar-refractivity contribution in [3.8, 4) is 0 Å². The summed E-state index contributed by atoms with van der Waals surface area (Å²) >= 11 is 1.24. The Labute approximate surface area is 109 Å². The Hall–Kier alpha value is -1.25. The van der Waals surface area contributed by atoms with Gasteiger partial charge in [0.1, 0.15) is 4.21 Å². The molecule has 0 N–H and O–H groups in total. The second kappa shape index (κ2) is 4.79. The molecular weight excluding hydrogens is 274 g/mol. The molecule has 2 aromatic rings. The Kier molecular flexibility index (Phi) is 3.51. The van der Waals surface area contributed by atoms with E-state index in [4.69, 9.17) is 4.52 Å². The molecule has 0 fully saturated rings. The normalized spacial score (nSPS) is 12.2. The summed E-state index contributed by atoms with van der Waals surface area (Å²) in [4.78, 5) is 4.94. The molecular formula is C10H13N3O3S2. The summed E-state index contributed by atoms with van der Waals surface area (Å²) in [7, 11) is -1.98. The Morgan fingerprint density at radius 1 is 1.39 bits per heavy atom. The smallest absolute Gasteiger partial charge is 0.252 e. The van der Waals surface area contributed by atoms with E-state index in [0.29, 0.717) is 15.9 Å². The number of thiophene rings is 1. The fourth-order valence-corrected chi connectivity index (χ4v) is 4.01. The quantitative estimate of drug-likeness (QED) is 0.853. The third-order valence-corrected chi connectivity index (χ3v) is 5.59. The average Bonchev–Trinajstić information content (AvgIpc) is 2.88. The van der Waals surface area contributed by atoms with E-state index >= 15 is 0 Å². The van der Waals surface area contributed by atoms with E-state index in [2.05, 4.69) is 10.1 Å². The summed E-state index contributed by atoms with van der Waals surface area (Å²) in [5.41, 5.74) is 0.